The molecule has 0 aliphatic heterocycles. The van der Waals surface area contributed by atoms with Crippen LogP contribution in [0.4, 0.5) is 5.69 Å². The van der Waals surface area contributed by atoms with Gasteiger partial charge in [-0.25, -0.2) is 4.79 Å². The van der Waals surface area contributed by atoms with Crippen molar-refractivity contribution in [1.29, 1.82) is 0 Å². The lowest BCUT2D eigenvalue weighted by atomic mass is 10.1. The van der Waals surface area contributed by atoms with Crippen LogP contribution in [0.3, 0.4) is 0 Å². The molecule has 2 rings (SSSR count). The number of aromatic carboxylic acids is 1. The van der Waals surface area contributed by atoms with Gasteiger partial charge in [0.1, 0.15) is 0 Å². The first-order valence-electron chi connectivity index (χ1n) is 4.84. The minimum absolute atomic E-state index is 0.269. The van der Waals surface area contributed by atoms with Gasteiger partial charge in [0.2, 0.25) is 0 Å². The predicted molar refractivity (Wildman–Crippen MR) is 59.4 cm³/mol. The van der Waals surface area contributed by atoms with Gasteiger partial charge < -0.3 is 14.8 Å². The van der Waals surface area contributed by atoms with E-state index in [1.807, 2.05) is 6.07 Å². The number of anilines is 1. The highest BCUT2D eigenvalue weighted by molar-refractivity contribution is 5.94. The van der Waals surface area contributed by atoms with Gasteiger partial charge in [0.25, 0.3) is 0 Å². The molecule has 0 spiro atoms. The second kappa shape index (κ2) is 4.53. The van der Waals surface area contributed by atoms with Crippen molar-refractivity contribution in [3.05, 3.63) is 54.0 Å². The summed E-state index contributed by atoms with van der Waals surface area (Å²) in [6.07, 6.45) is 3.20. The maximum absolute atomic E-state index is 10.9. The number of carbonyl (C=O) groups is 1. The maximum Gasteiger partial charge on any atom is 0.337 e. The molecule has 0 saturated carbocycles. The lowest BCUT2D eigenvalue weighted by Crippen LogP contribution is -2.05. The summed E-state index contributed by atoms with van der Waals surface area (Å²) in [6.45, 7) is 0.542. The van der Waals surface area contributed by atoms with E-state index in [1.165, 1.54) is 0 Å². The van der Waals surface area contributed by atoms with Crippen molar-refractivity contribution in [2.24, 2.45) is 0 Å². The van der Waals surface area contributed by atoms with Crippen LogP contribution in [0.5, 0.6) is 0 Å². The van der Waals surface area contributed by atoms with Crippen LogP contribution in [0.1, 0.15) is 15.9 Å². The van der Waals surface area contributed by atoms with Crippen LogP contribution >= 0.6 is 0 Å². The fourth-order valence-corrected chi connectivity index (χ4v) is 1.41. The summed E-state index contributed by atoms with van der Waals surface area (Å²) >= 11 is 0. The first kappa shape index (κ1) is 10.3. The summed E-state index contributed by atoms with van der Waals surface area (Å²) < 4.78 is 4.92. The molecule has 82 valence electrons. The minimum Gasteiger partial charge on any atom is -0.478 e. The molecule has 16 heavy (non-hydrogen) atoms. The quantitative estimate of drug-likeness (QED) is 0.826. The number of benzene rings is 1. The Morgan fingerprint density at radius 1 is 1.31 bits per heavy atom. The minimum atomic E-state index is -0.935. The van der Waals surface area contributed by atoms with Gasteiger partial charge in [-0.1, -0.05) is 12.1 Å². The van der Waals surface area contributed by atoms with Crippen molar-refractivity contribution >= 4 is 11.7 Å². The van der Waals surface area contributed by atoms with E-state index in [9.17, 15) is 4.79 Å². The zero-order chi connectivity index (χ0) is 11.4. The topological polar surface area (TPSA) is 62.5 Å². The van der Waals surface area contributed by atoms with Crippen LogP contribution in [0.2, 0.25) is 0 Å². The van der Waals surface area contributed by atoms with Crippen molar-refractivity contribution in [3.63, 3.8) is 0 Å². The fraction of sp³-hybridized carbons (Fsp3) is 0.0833. The summed E-state index contributed by atoms with van der Waals surface area (Å²) in [7, 11) is 0. The van der Waals surface area contributed by atoms with E-state index >= 15 is 0 Å². The van der Waals surface area contributed by atoms with Crippen LogP contribution < -0.4 is 5.32 Å². The van der Waals surface area contributed by atoms with E-state index in [0.29, 0.717) is 12.2 Å². The smallest absolute Gasteiger partial charge is 0.337 e. The molecule has 2 aromatic rings. The van der Waals surface area contributed by atoms with Crippen molar-refractivity contribution < 1.29 is 14.3 Å². The summed E-state index contributed by atoms with van der Waals surface area (Å²) in [5, 5.41) is 12.0. The van der Waals surface area contributed by atoms with Gasteiger partial charge in [0.05, 0.1) is 18.1 Å². The molecule has 4 heteroatoms. The number of nitrogens with one attached hydrogen (secondary N) is 1. The summed E-state index contributed by atoms with van der Waals surface area (Å²) in [4.78, 5) is 10.9. The lowest BCUT2D eigenvalue weighted by molar-refractivity contribution is 0.0698. The number of hydrogen-bond donors (Lipinski definition) is 2. The number of hydrogen-bond acceptors (Lipinski definition) is 3. The Bertz CT molecular complexity index is 477. The molecular weight excluding hydrogens is 206 g/mol. The van der Waals surface area contributed by atoms with Gasteiger partial charge in [-0.05, 0) is 18.2 Å². The Kier molecular flexibility index (Phi) is 2.91. The number of carboxylic acid groups (broad SMARTS) is 1. The average Bonchev–Trinajstić information content (AvgIpc) is 2.79. The summed E-state index contributed by atoms with van der Waals surface area (Å²) in [6, 6.07) is 8.64. The zero-order valence-corrected chi connectivity index (χ0v) is 8.51. The molecule has 1 aromatic heterocycles. The molecule has 1 heterocycles. The Morgan fingerprint density at radius 2 is 2.12 bits per heavy atom. The van der Waals surface area contributed by atoms with Crippen molar-refractivity contribution in [2.75, 3.05) is 5.32 Å². The third-order valence-corrected chi connectivity index (χ3v) is 2.22. The summed E-state index contributed by atoms with van der Waals surface area (Å²) in [5.41, 5.74) is 1.85. The predicted octanol–water partition coefficient (Wildman–Crippen LogP) is 2.59. The molecule has 0 bridgehead atoms. The van der Waals surface area contributed by atoms with Crippen molar-refractivity contribution in [3.8, 4) is 0 Å². The van der Waals surface area contributed by atoms with Crippen LogP contribution in [0.15, 0.2) is 47.3 Å². The van der Waals surface area contributed by atoms with E-state index in [4.69, 9.17) is 9.52 Å². The van der Waals surface area contributed by atoms with Gasteiger partial charge in [-0.3, -0.25) is 0 Å². The average molecular weight is 217 g/mol. The number of carboxylic acids is 1. The van der Waals surface area contributed by atoms with Crippen LogP contribution in [0.25, 0.3) is 0 Å². The Hall–Kier alpha value is -2.23. The molecule has 0 amide bonds. The third-order valence-electron chi connectivity index (χ3n) is 2.22. The van der Waals surface area contributed by atoms with Gasteiger partial charge >= 0.3 is 5.97 Å². The van der Waals surface area contributed by atoms with E-state index < -0.39 is 5.97 Å². The van der Waals surface area contributed by atoms with Gasteiger partial charge in [0, 0.05) is 17.8 Å². The van der Waals surface area contributed by atoms with Crippen LogP contribution in [-0.2, 0) is 6.54 Å². The standard InChI is InChI=1S/C12H11NO3/c14-12(15)10-3-1-2-4-11(10)13-7-9-5-6-16-8-9/h1-6,8,13H,7H2,(H,14,15). The molecular formula is C12H11NO3. The van der Waals surface area contributed by atoms with Crippen LogP contribution in [0, 0.1) is 0 Å². The third kappa shape index (κ3) is 2.23. The SMILES string of the molecule is O=C(O)c1ccccc1NCc1ccoc1. The van der Waals surface area contributed by atoms with E-state index in [2.05, 4.69) is 5.32 Å². The Morgan fingerprint density at radius 3 is 2.81 bits per heavy atom. The molecule has 0 saturated heterocycles. The zero-order valence-electron chi connectivity index (χ0n) is 8.51. The first-order valence-corrected chi connectivity index (χ1v) is 4.84. The highest BCUT2D eigenvalue weighted by Gasteiger charge is 2.08. The first-order chi connectivity index (χ1) is 7.77. The maximum atomic E-state index is 10.9. The van der Waals surface area contributed by atoms with Crippen molar-refractivity contribution in [2.45, 2.75) is 6.54 Å². The molecule has 0 fully saturated rings. The second-order valence-electron chi connectivity index (χ2n) is 3.34. The van der Waals surface area contributed by atoms with Gasteiger partial charge in [0.15, 0.2) is 0 Å². The fourth-order valence-electron chi connectivity index (χ4n) is 1.41. The normalized spacial score (nSPS) is 10.0. The number of furan rings is 1. The van der Waals surface area contributed by atoms with E-state index in [-0.39, 0.29) is 5.56 Å². The van der Waals surface area contributed by atoms with Gasteiger partial charge in [-0.15, -0.1) is 0 Å². The molecule has 1 aromatic carbocycles. The van der Waals surface area contributed by atoms with Gasteiger partial charge in [-0.2, -0.15) is 0 Å². The molecule has 4 nitrogen and oxygen atoms in total. The molecule has 2 N–H and O–H groups in total. The van der Waals surface area contributed by atoms with E-state index in [1.54, 1.807) is 36.8 Å². The van der Waals surface area contributed by atoms with Crippen LogP contribution in [-0.4, -0.2) is 11.1 Å². The molecule has 0 unspecified atom stereocenters. The molecule has 0 atom stereocenters. The van der Waals surface area contributed by atoms with E-state index in [0.717, 1.165) is 5.56 Å². The molecule has 0 aliphatic carbocycles. The Balaban J connectivity index is 2.12. The monoisotopic (exact) mass is 217 g/mol. The number of para-hydroxylation sites is 1. The lowest BCUT2D eigenvalue weighted by Gasteiger charge is -2.07. The molecule has 0 radical (unpaired) electrons. The largest absolute Gasteiger partial charge is 0.478 e. The Labute approximate surface area is 92.5 Å². The second-order valence-corrected chi connectivity index (χ2v) is 3.34. The number of rotatable bonds is 4. The van der Waals surface area contributed by atoms with Crippen molar-refractivity contribution in [1.82, 2.24) is 0 Å². The highest BCUT2D eigenvalue weighted by atomic mass is 16.4. The highest BCUT2D eigenvalue weighted by Crippen LogP contribution is 2.16. The summed E-state index contributed by atoms with van der Waals surface area (Å²) in [5.74, 6) is -0.935. The molecule has 0 aliphatic rings.